The van der Waals surface area contributed by atoms with E-state index in [-0.39, 0.29) is 18.0 Å². The van der Waals surface area contributed by atoms with E-state index in [0.29, 0.717) is 16.5 Å². The third-order valence-corrected chi connectivity index (χ3v) is 8.41. The van der Waals surface area contributed by atoms with E-state index in [1.165, 1.54) is 0 Å². The molecule has 3 aromatic heterocycles. The monoisotopic (exact) mass is 582 g/mol. The molecule has 2 unspecified atom stereocenters. The highest BCUT2D eigenvalue weighted by atomic mass is 32.1. The summed E-state index contributed by atoms with van der Waals surface area (Å²) in [7, 11) is 1.60. The van der Waals surface area contributed by atoms with Gasteiger partial charge in [-0.05, 0) is 60.7 Å². The number of pyridine rings is 1. The van der Waals surface area contributed by atoms with Crippen molar-refractivity contribution in [1.82, 2.24) is 19.9 Å². The molecular weight excluding hydrogens is 553 g/mol. The highest BCUT2D eigenvalue weighted by molar-refractivity contribution is 7.80. The molecule has 1 aliphatic heterocycles. The minimum atomic E-state index is -0.544. The van der Waals surface area contributed by atoms with Gasteiger partial charge in [-0.1, -0.05) is 50.3 Å². The third-order valence-electron chi connectivity index (χ3n) is 7.06. The van der Waals surface area contributed by atoms with Gasteiger partial charge in [0.15, 0.2) is 10.2 Å². The van der Waals surface area contributed by atoms with Crippen LogP contribution in [0.25, 0.3) is 15.3 Å². The Morgan fingerprint density at radius 1 is 1.07 bits per heavy atom. The summed E-state index contributed by atoms with van der Waals surface area (Å²) in [6, 6.07) is 23.4. The average Bonchev–Trinajstić information content (AvgIpc) is 3.69. The molecular formula is C31H30N6O2S2. The Labute approximate surface area is 248 Å². The number of methoxy groups -OCH3 is 1. The van der Waals surface area contributed by atoms with Crippen LogP contribution in [0.4, 0.5) is 11.4 Å². The second-order valence-corrected chi connectivity index (χ2v) is 12.2. The molecule has 0 radical (unpaired) electrons. The Hall–Kier alpha value is -4.28. The maximum Gasteiger partial charge on any atom is 0.229 e. The van der Waals surface area contributed by atoms with Gasteiger partial charge in [-0.2, -0.15) is 0 Å². The number of ether oxygens (including phenoxy) is 1. The number of nitrogens with one attached hydrogen (secondary N) is 2. The van der Waals surface area contributed by atoms with Crippen molar-refractivity contribution in [2.75, 3.05) is 17.3 Å². The first-order chi connectivity index (χ1) is 19.7. The Bertz CT molecular complexity index is 1710. The topological polar surface area (TPSA) is 84.3 Å². The van der Waals surface area contributed by atoms with Crippen molar-refractivity contribution in [1.29, 1.82) is 0 Å². The SMILES string of the molecule is COc1cc(N2C(=S)NC(c3ccccn3)C2c2cccn2-c2nc3ccccc3s2)ccc1NC(=O)C(C)(C)C. The molecule has 1 saturated heterocycles. The predicted molar refractivity (Wildman–Crippen MR) is 168 cm³/mol. The smallest absolute Gasteiger partial charge is 0.229 e. The summed E-state index contributed by atoms with van der Waals surface area (Å²) in [6.45, 7) is 5.63. The lowest BCUT2D eigenvalue weighted by Gasteiger charge is -2.29. The molecule has 0 aliphatic carbocycles. The second-order valence-electron chi connectivity index (χ2n) is 10.9. The highest BCUT2D eigenvalue weighted by Crippen LogP contribution is 2.44. The molecule has 5 aromatic rings. The van der Waals surface area contributed by atoms with E-state index in [1.807, 2.05) is 87.6 Å². The summed E-state index contributed by atoms with van der Waals surface area (Å²) < 4.78 is 8.98. The van der Waals surface area contributed by atoms with Gasteiger partial charge in [0.25, 0.3) is 0 Å². The van der Waals surface area contributed by atoms with Gasteiger partial charge >= 0.3 is 0 Å². The summed E-state index contributed by atoms with van der Waals surface area (Å²) >= 11 is 7.59. The number of nitrogens with zero attached hydrogens (tertiary/aromatic N) is 4. The van der Waals surface area contributed by atoms with Crippen LogP contribution in [-0.4, -0.2) is 32.7 Å². The van der Waals surface area contributed by atoms with E-state index in [9.17, 15) is 4.79 Å². The normalized spacial score (nSPS) is 17.1. The van der Waals surface area contributed by atoms with Crippen LogP contribution in [0.3, 0.4) is 0 Å². The fraction of sp³-hybridized carbons (Fsp3) is 0.226. The number of hydrogen-bond acceptors (Lipinski definition) is 6. The van der Waals surface area contributed by atoms with Crippen LogP contribution in [-0.2, 0) is 4.79 Å². The Morgan fingerprint density at radius 3 is 2.61 bits per heavy atom. The van der Waals surface area contributed by atoms with Crippen molar-refractivity contribution in [2.24, 2.45) is 5.41 Å². The standard InChI is InChI=1S/C31H30N6O2S2/c1-31(2,3)28(38)33-20-15-14-19(18-24(20)39-4)37-27(26(35-29(37)40)22-11-7-8-16-32-22)23-12-9-17-36(23)30-34-21-10-5-6-13-25(21)41-30/h5-18,26-27H,1-4H3,(H,33,38)(H,35,40). The van der Waals surface area contributed by atoms with Gasteiger partial charge in [0.05, 0.1) is 40.4 Å². The van der Waals surface area contributed by atoms with Crippen molar-refractivity contribution in [2.45, 2.75) is 32.9 Å². The molecule has 1 amide bonds. The van der Waals surface area contributed by atoms with Crippen molar-refractivity contribution in [3.05, 3.63) is 96.6 Å². The van der Waals surface area contributed by atoms with Crippen molar-refractivity contribution >= 4 is 56.2 Å². The fourth-order valence-electron chi connectivity index (χ4n) is 4.95. The first-order valence-electron chi connectivity index (χ1n) is 13.3. The first kappa shape index (κ1) is 26.9. The lowest BCUT2D eigenvalue weighted by atomic mass is 9.95. The largest absolute Gasteiger partial charge is 0.494 e. The summed E-state index contributed by atoms with van der Waals surface area (Å²) in [6.07, 6.45) is 3.83. The summed E-state index contributed by atoms with van der Waals surface area (Å²) in [5.74, 6) is 0.452. The van der Waals surface area contributed by atoms with Gasteiger partial charge in [0, 0.05) is 29.6 Å². The lowest BCUT2D eigenvalue weighted by Crippen LogP contribution is -2.30. The van der Waals surface area contributed by atoms with Crippen LogP contribution in [0.15, 0.2) is 85.2 Å². The van der Waals surface area contributed by atoms with Gasteiger partial charge in [-0.25, -0.2) is 4.98 Å². The third kappa shape index (κ3) is 5.05. The quantitative estimate of drug-likeness (QED) is 0.217. The number of anilines is 2. The summed E-state index contributed by atoms with van der Waals surface area (Å²) in [4.78, 5) is 24.4. The minimum absolute atomic E-state index is 0.0938. The van der Waals surface area contributed by atoms with Gasteiger partial charge in [-0.15, -0.1) is 0 Å². The molecule has 1 fully saturated rings. The predicted octanol–water partition coefficient (Wildman–Crippen LogP) is 6.65. The van der Waals surface area contributed by atoms with E-state index in [1.54, 1.807) is 24.6 Å². The van der Waals surface area contributed by atoms with Crippen molar-refractivity contribution in [3.8, 4) is 10.9 Å². The Balaban J connectivity index is 1.45. The molecule has 8 nitrogen and oxygen atoms in total. The molecule has 0 saturated carbocycles. The van der Waals surface area contributed by atoms with Crippen LogP contribution in [0.2, 0.25) is 0 Å². The number of aromatic nitrogens is 3. The van der Waals surface area contributed by atoms with E-state index in [2.05, 4.69) is 37.2 Å². The molecule has 0 spiro atoms. The number of thiocarbonyl (C=S) groups is 1. The maximum atomic E-state index is 12.7. The number of carbonyl (C=O) groups is 1. The Kier molecular flexibility index (Phi) is 6.96. The molecule has 41 heavy (non-hydrogen) atoms. The number of rotatable bonds is 6. The van der Waals surface area contributed by atoms with E-state index < -0.39 is 5.41 Å². The zero-order valence-corrected chi connectivity index (χ0v) is 24.8. The van der Waals surface area contributed by atoms with Gasteiger partial charge in [0.1, 0.15) is 11.8 Å². The number of amides is 1. The number of hydrogen-bond donors (Lipinski definition) is 2. The van der Waals surface area contributed by atoms with E-state index in [4.69, 9.17) is 21.9 Å². The van der Waals surface area contributed by atoms with Crippen LogP contribution in [0, 0.1) is 5.41 Å². The van der Waals surface area contributed by atoms with Gasteiger partial charge in [-0.3, -0.25) is 14.3 Å². The second kappa shape index (κ2) is 10.6. The van der Waals surface area contributed by atoms with E-state index >= 15 is 0 Å². The minimum Gasteiger partial charge on any atom is -0.494 e. The van der Waals surface area contributed by atoms with Crippen molar-refractivity contribution < 1.29 is 9.53 Å². The van der Waals surface area contributed by atoms with Crippen LogP contribution in [0.1, 0.15) is 44.2 Å². The van der Waals surface area contributed by atoms with Gasteiger partial charge in [0.2, 0.25) is 5.91 Å². The zero-order valence-electron chi connectivity index (χ0n) is 23.2. The first-order valence-corrected chi connectivity index (χ1v) is 14.5. The molecule has 208 valence electrons. The van der Waals surface area contributed by atoms with E-state index in [0.717, 1.165) is 32.4 Å². The number of fused-ring (bicyclic) bond motifs is 1. The van der Waals surface area contributed by atoms with Gasteiger partial charge < -0.3 is 20.3 Å². The molecule has 2 atom stereocenters. The van der Waals surface area contributed by atoms with Crippen molar-refractivity contribution in [3.63, 3.8) is 0 Å². The van der Waals surface area contributed by atoms with Crippen LogP contribution in [0.5, 0.6) is 5.75 Å². The lowest BCUT2D eigenvalue weighted by molar-refractivity contribution is -0.123. The fourth-order valence-corrected chi connectivity index (χ4v) is 6.26. The number of carbonyl (C=O) groups excluding carboxylic acids is 1. The number of para-hydroxylation sites is 1. The molecule has 1 aliphatic rings. The number of thiazole rings is 1. The molecule has 4 heterocycles. The molecule has 10 heteroatoms. The molecule has 6 rings (SSSR count). The maximum absolute atomic E-state index is 12.7. The molecule has 2 aromatic carbocycles. The average molecular weight is 583 g/mol. The molecule has 0 bridgehead atoms. The summed E-state index contributed by atoms with van der Waals surface area (Å²) in [5.41, 5.74) is 3.73. The highest BCUT2D eigenvalue weighted by Gasteiger charge is 2.42. The summed E-state index contributed by atoms with van der Waals surface area (Å²) in [5, 5.41) is 7.96. The number of benzene rings is 2. The molecule has 2 N–H and O–H groups in total. The van der Waals surface area contributed by atoms with Crippen LogP contribution < -0.4 is 20.3 Å². The van der Waals surface area contributed by atoms with Crippen LogP contribution >= 0.6 is 23.6 Å². The Morgan fingerprint density at radius 2 is 1.88 bits per heavy atom. The zero-order chi connectivity index (χ0) is 28.7.